The number of nitrogens with zero attached hydrogens (tertiary/aromatic N) is 2. The van der Waals surface area contributed by atoms with Crippen molar-refractivity contribution in [1.29, 1.82) is 0 Å². The molecule has 2 fully saturated rings. The van der Waals surface area contributed by atoms with Crippen molar-refractivity contribution in [3.63, 3.8) is 0 Å². The molecule has 188 valence electrons. The Kier molecular flexibility index (Phi) is 5.90. The molecular formula is C27H36N4O4. The first-order chi connectivity index (χ1) is 16.6. The first-order valence-corrected chi connectivity index (χ1v) is 12.7. The van der Waals surface area contributed by atoms with E-state index in [0.29, 0.717) is 39.3 Å². The predicted molar refractivity (Wildman–Crippen MR) is 133 cm³/mol. The lowest BCUT2D eigenvalue weighted by atomic mass is 9.67. The molecule has 8 nitrogen and oxygen atoms in total. The molecule has 8 heteroatoms. The van der Waals surface area contributed by atoms with Crippen LogP contribution in [0.3, 0.4) is 0 Å². The van der Waals surface area contributed by atoms with E-state index in [1.54, 1.807) is 0 Å². The van der Waals surface area contributed by atoms with Gasteiger partial charge in [0.2, 0.25) is 17.7 Å². The molecule has 3 atom stereocenters. The summed E-state index contributed by atoms with van der Waals surface area (Å²) in [5.74, 6) is -1.11. The van der Waals surface area contributed by atoms with E-state index in [4.69, 9.17) is 4.74 Å². The molecule has 2 saturated heterocycles. The molecule has 3 aliphatic rings. The van der Waals surface area contributed by atoms with Gasteiger partial charge in [0.05, 0.1) is 24.7 Å². The normalized spacial score (nSPS) is 26.9. The number of hydrogen-bond acceptors (Lipinski definition) is 4. The fourth-order valence-electron chi connectivity index (χ4n) is 6.23. The maximum atomic E-state index is 14.0. The van der Waals surface area contributed by atoms with Crippen LogP contribution in [0.4, 0.5) is 0 Å². The molecule has 1 unspecified atom stereocenters. The zero-order valence-corrected chi connectivity index (χ0v) is 21.1. The monoisotopic (exact) mass is 480 g/mol. The summed E-state index contributed by atoms with van der Waals surface area (Å²) in [4.78, 5) is 48.0. The van der Waals surface area contributed by atoms with E-state index in [-0.39, 0.29) is 29.7 Å². The van der Waals surface area contributed by atoms with Crippen LogP contribution < -0.4 is 5.32 Å². The Labute approximate surface area is 206 Å². The van der Waals surface area contributed by atoms with Crippen LogP contribution in [-0.2, 0) is 31.1 Å². The maximum Gasteiger partial charge on any atom is 0.228 e. The van der Waals surface area contributed by atoms with Gasteiger partial charge in [0.15, 0.2) is 0 Å². The van der Waals surface area contributed by atoms with E-state index in [0.717, 1.165) is 23.0 Å². The number of amides is 3. The largest absolute Gasteiger partial charge is 0.378 e. The molecule has 3 aliphatic heterocycles. The van der Waals surface area contributed by atoms with Crippen molar-refractivity contribution in [1.82, 2.24) is 20.1 Å². The van der Waals surface area contributed by atoms with Gasteiger partial charge < -0.3 is 24.8 Å². The van der Waals surface area contributed by atoms with Crippen LogP contribution in [0.2, 0.25) is 0 Å². The standard InChI is InChI=1S/C27H36N4O4/c1-26(2,3)29-22(32)16-17-15-20(25(34)30-11-13-35-14-12-30)27(4)23-19(9-10-31(27)24(17)33)18-7-5-6-8-21(18)28-23/h5-8,17,20,28H,9-16H2,1-4H3,(H,29,32)/t17?,20-,27+/m1/s1. The van der Waals surface area contributed by atoms with Crippen molar-refractivity contribution < 1.29 is 19.1 Å². The van der Waals surface area contributed by atoms with E-state index in [1.165, 1.54) is 5.56 Å². The van der Waals surface area contributed by atoms with Gasteiger partial charge in [-0.25, -0.2) is 0 Å². The van der Waals surface area contributed by atoms with Gasteiger partial charge in [-0.3, -0.25) is 14.4 Å². The van der Waals surface area contributed by atoms with E-state index in [1.807, 2.05) is 55.7 Å². The Balaban J connectivity index is 1.55. The van der Waals surface area contributed by atoms with E-state index in [9.17, 15) is 14.4 Å². The highest BCUT2D eigenvalue weighted by Gasteiger charge is 2.57. The van der Waals surface area contributed by atoms with Crippen LogP contribution in [-0.4, -0.2) is 70.9 Å². The topological polar surface area (TPSA) is 94.7 Å². The Hall–Kier alpha value is -2.87. The van der Waals surface area contributed by atoms with Gasteiger partial charge >= 0.3 is 0 Å². The highest BCUT2D eigenvalue weighted by Crippen LogP contribution is 2.50. The van der Waals surface area contributed by atoms with Gasteiger partial charge in [-0.1, -0.05) is 18.2 Å². The Morgan fingerprint density at radius 2 is 1.89 bits per heavy atom. The highest BCUT2D eigenvalue weighted by atomic mass is 16.5. The third-order valence-electron chi connectivity index (χ3n) is 7.85. The van der Waals surface area contributed by atoms with E-state index in [2.05, 4.69) is 16.4 Å². The summed E-state index contributed by atoms with van der Waals surface area (Å²) in [6.07, 6.45) is 1.17. The SMILES string of the molecule is CC(C)(C)NC(=O)CC1C[C@H](C(=O)N2CCOCC2)[C@@]2(C)c3[nH]c4ccccc4c3CCN2C1=O. The molecule has 5 rings (SSSR count). The van der Waals surface area contributed by atoms with Crippen LogP contribution >= 0.6 is 0 Å². The highest BCUT2D eigenvalue weighted by molar-refractivity contribution is 5.93. The molecule has 2 aromatic rings. The average molecular weight is 481 g/mol. The molecule has 0 saturated carbocycles. The number of nitrogens with one attached hydrogen (secondary N) is 2. The molecule has 1 aromatic carbocycles. The van der Waals surface area contributed by atoms with Crippen molar-refractivity contribution >= 4 is 28.6 Å². The molecule has 4 heterocycles. The number of piperidine rings is 1. The molecule has 1 aromatic heterocycles. The summed E-state index contributed by atoms with van der Waals surface area (Å²) < 4.78 is 5.48. The van der Waals surface area contributed by atoms with Crippen LogP contribution in [0.15, 0.2) is 24.3 Å². The van der Waals surface area contributed by atoms with Gasteiger partial charge in [-0.15, -0.1) is 0 Å². The molecule has 3 amide bonds. The van der Waals surface area contributed by atoms with Crippen LogP contribution in [0.25, 0.3) is 10.9 Å². The second-order valence-electron chi connectivity index (χ2n) is 11.3. The Bertz CT molecular complexity index is 1160. The van der Waals surface area contributed by atoms with E-state index >= 15 is 0 Å². The molecule has 0 spiro atoms. The lowest BCUT2D eigenvalue weighted by Crippen LogP contribution is -2.65. The molecular weight excluding hydrogens is 444 g/mol. The molecule has 35 heavy (non-hydrogen) atoms. The lowest BCUT2D eigenvalue weighted by Gasteiger charge is -2.54. The quantitative estimate of drug-likeness (QED) is 0.706. The predicted octanol–water partition coefficient (Wildman–Crippen LogP) is 2.57. The number of para-hydroxylation sites is 1. The number of benzene rings is 1. The number of carbonyl (C=O) groups is 3. The summed E-state index contributed by atoms with van der Waals surface area (Å²) in [5, 5.41) is 4.13. The number of hydrogen-bond donors (Lipinski definition) is 2. The lowest BCUT2D eigenvalue weighted by molar-refractivity contribution is -0.166. The summed E-state index contributed by atoms with van der Waals surface area (Å²) in [6, 6.07) is 8.17. The molecule has 0 bridgehead atoms. The van der Waals surface area contributed by atoms with Gasteiger partial charge in [0.1, 0.15) is 0 Å². The summed E-state index contributed by atoms with van der Waals surface area (Å²) in [6.45, 7) is 10.5. The maximum absolute atomic E-state index is 14.0. The fraction of sp³-hybridized carbons (Fsp3) is 0.593. The zero-order chi connectivity index (χ0) is 25.0. The number of aromatic amines is 1. The van der Waals surface area contributed by atoms with Gasteiger partial charge in [0, 0.05) is 54.1 Å². The Morgan fingerprint density at radius 1 is 1.17 bits per heavy atom. The Morgan fingerprint density at radius 3 is 2.60 bits per heavy atom. The second kappa shape index (κ2) is 8.66. The molecule has 0 radical (unpaired) electrons. The number of rotatable bonds is 3. The minimum atomic E-state index is -0.796. The smallest absolute Gasteiger partial charge is 0.228 e. The summed E-state index contributed by atoms with van der Waals surface area (Å²) in [5.41, 5.74) is 2.00. The third-order valence-corrected chi connectivity index (χ3v) is 7.85. The first-order valence-electron chi connectivity index (χ1n) is 12.7. The van der Waals surface area contributed by atoms with E-state index < -0.39 is 17.4 Å². The van der Waals surface area contributed by atoms with Crippen molar-refractivity contribution in [2.75, 3.05) is 32.8 Å². The minimum absolute atomic E-state index is 0.0353. The minimum Gasteiger partial charge on any atom is -0.378 e. The zero-order valence-electron chi connectivity index (χ0n) is 21.1. The van der Waals surface area contributed by atoms with Crippen molar-refractivity contribution in [3.05, 3.63) is 35.5 Å². The van der Waals surface area contributed by atoms with Gasteiger partial charge in [0.25, 0.3) is 0 Å². The average Bonchev–Trinajstić information content (AvgIpc) is 3.20. The number of fused-ring (bicyclic) bond motifs is 5. The number of aromatic nitrogens is 1. The molecule has 2 N–H and O–H groups in total. The van der Waals surface area contributed by atoms with Crippen molar-refractivity contribution in [2.24, 2.45) is 11.8 Å². The van der Waals surface area contributed by atoms with Gasteiger partial charge in [-0.2, -0.15) is 0 Å². The van der Waals surface area contributed by atoms with Gasteiger partial charge in [-0.05, 0) is 52.2 Å². The van der Waals surface area contributed by atoms with Crippen LogP contribution in [0.5, 0.6) is 0 Å². The molecule has 0 aliphatic carbocycles. The number of ether oxygens (including phenoxy) is 1. The summed E-state index contributed by atoms with van der Waals surface area (Å²) >= 11 is 0. The number of H-pyrrole nitrogens is 1. The number of carbonyl (C=O) groups excluding carboxylic acids is 3. The van der Waals surface area contributed by atoms with Crippen LogP contribution in [0.1, 0.15) is 51.8 Å². The van der Waals surface area contributed by atoms with Crippen molar-refractivity contribution in [3.8, 4) is 0 Å². The fourth-order valence-corrected chi connectivity index (χ4v) is 6.23. The number of morpholine rings is 1. The van der Waals surface area contributed by atoms with Crippen LogP contribution in [0, 0.1) is 11.8 Å². The van der Waals surface area contributed by atoms with Crippen molar-refractivity contribution in [2.45, 2.75) is 58.0 Å². The third kappa shape index (κ3) is 4.11. The second-order valence-corrected chi connectivity index (χ2v) is 11.3. The first kappa shape index (κ1) is 23.9. The summed E-state index contributed by atoms with van der Waals surface area (Å²) in [7, 11) is 0.